The Morgan fingerprint density at radius 2 is 1.88 bits per heavy atom. The minimum atomic E-state index is -2.71. The zero-order valence-corrected chi connectivity index (χ0v) is 15.4. The van der Waals surface area contributed by atoms with Gasteiger partial charge < -0.3 is 19.3 Å². The fraction of sp³-hybridized carbons (Fsp3) is 0.882. The number of amides is 2. The summed E-state index contributed by atoms with van der Waals surface area (Å²) in [5.74, 6) is -3.54. The molecule has 0 aromatic carbocycles. The van der Waals surface area contributed by atoms with E-state index in [-0.39, 0.29) is 31.2 Å². The molecule has 2 saturated heterocycles. The van der Waals surface area contributed by atoms with Gasteiger partial charge in [-0.25, -0.2) is 8.78 Å². The number of hydrogen-bond donors (Lipinski definition) is 0. The molecule has 3 rings (SSSR count). The molecule has 1 saturated carbocycles. The standard InChI is InChI=1S/C17H27F2N3O4/c1-20(2)14(23)9-21-3-5-25-12-16(10-21)11-22(4-6-26-16)15(24)13-7-17(18,19)8-13/h13H,3-12H2,1-2H3. The van der Waals surface area contributed by atoms with E-state index in [0.29, 0.717) is 46.0 Å². The average Bonchev–Trinajstić information content (AvgIpc) is 2.74. The lowest BCUT2D eigenvalue weighted by Crippen LogP contribution is -2.62. The van der Waals surface area contributed by atoms with Gasteiger partial charge in [0.05, 0.1) is 32.9 Å². The van der Waals surface area contributed by atoms with Gasteiger partial charge in [0.15, 0.2) is 0 Å². The van der Waals surface area contributed by atoms with E-state index in [1.54, 1.807) is 19.0 Å². The van der Waals surface area contributed by atoms with Crippen molar-refractivity contribution in [3.05, 3.63) is 0 Å². The monoisotopic (exact) mass is 375 g/mol. The van der Waals surface area contributed by atoms with Crippen LogP contribution in [0.15, 0.2) is 0 Å². The van der Waals surface area contributed by atoms with E-state index in [9.17, 15) is 18.4 Å². The minimum Gasteiger partial charge on any atom is -0.377 e. The highest BCUT2D eigenvalue weighted by molar-refractivity contribution is 5.80. The lowest BCUT2D eigenvalue weighted by Gasteiger charge is -2.45. The molecule has 0 N–H and O–H groups in total. The van der Waals surface area contributed by atoms with Gasteiger partial charge in [-0.3, -0.25) is 14.5 Å². The number of carbonyl (C=O) groups excluding carboxylic acids is 2. The molecule has 2 amide bonds. The molecule has 2 aliphatic heterocycles. The maximum atomic E-state index is 13.1. The number of ether oxygens (including phenoxy) is 2. The highest BCUT2D eigenvalue weighted by Gasteiger charge is 2.51. The van der Waals surface area contributed by atoms with Crippen LogP contribution in [0.25, 0.3) is 0 Å². The van der Waals surface area contributed by atoms with E-state index < -0.39 is 17.4 Å². The molecule has 3 aliphatic rings. The first-order valence-electron chi connectivity index (χ1n) is 9.01. The van der Waals surface area contributed by atoms with E-state index in [4.69, 9.17) is 9.47 Å². The molecule has 7 nitrogen and oxygen atoms in total. The van der Waals surface area contributed by atoms with E-state index in [2.05, 4.69) is 0 Å². The number of morpholine rings is 1. The van der Waals surface area contributed by atoms with Gasteiger partial charge in [0.2, 0.25) is 17.7 Å². The van der Waals surface area contributed by atoms with Gasteiger partial charge >= 0.3 is 0 Å². The minimum absolute atomic E-state index is 0.0116. The number of likely N-dealkylation sites (N-methyl/N-ethyl adjacent to an activating group) is 1. The fourth-order valence-corrected chi connectivity index (χ4v) is 3.76. The molecule has 9 heteroatoms. The Bertz CT molecular complexity index is 552. The molecule has 1 aliphatic carbocycles. The van der Waals surface area contributed by atoms with Crippen LogP contribution in [0.1, 0.15) is 12.8 Å². The molecule has 0 bridgehead atoms. The van der Waals surface area contributed by atoms with Crippen molar-refractivity contribution < 1.29 is 27.8 Å². The van der Waals surface area contributed by atoms with Gasteiger partial charge in [0, 0.05) is 52.5 Å². The number of halogens is 2. The second kappa shape index (κ2) is 7.36. The number of rotatable bonds is 3. The first-order chi connectivity index (χ1) is 12.2. The first kappa shape index (κ1) is 19.4. The van der Waals surface area contributed by atoms with Crippen LogP contribution in [0.5, 0.6) is 0 Å². The lowest BCUT2D eigenvalue weighted by atomic mass is 9.80. The molecule has 148 valence electrons. The van der Waals surface area contributed by atoms with E-state index >= 15 is 0 Å². The normalized spacial score (nSPS) is 29.9. The van der Waals surface area contributed by atoms with Crippen molar-refractivity contribution in [2.24, 2.45) is 5.92 Å². The van der Waals surface area contributed by atoms with Crippen LogP contribution < -0.4 is 0 Å². The topological polar surface area (TPSA) is 62.3 Å². The zero-order valence-electron chi connectivity index (χ0n) is 15.4. The van der Waals surface area contributed by atoms with Crippen LogP contribution in [0, 0.1) is 5.92 Å². The van der Waals surface area contributed by atoms with Crippen LogP contribution >= 0.6 is 0 Å². The SMILES string of the molecule is CN(C)C(=O)CN1CCOCC2(C1)CN(C(=O)C1CC(F)(F)C1)CCO2. The summed E-state index contributed by atoms with van der Waals surface area (Å²) in [5, 5.41) is 0. The first-order valence-corrected chi connectivity index (χ1v) is 9.01. The zero-order chi connectivity index (χ0) is 18.9. The molecule has 1 atom stereocenters. The van der Waals surface area contributed by atoms with Crippen molar-refractivity contribution in [1.29, 1.82) is 0 Å². The molecule has 26 heavy (non-hydrogen) atoms. The van der Waals surface area contributed by atoms with Crippen LogP contribution in [-0.4, -0.2) is 105 Å². The molecule has 0 aromatic heterocycles. The molecule has 0 aromatic rings. The van der Waals surface area contributed by atoms with Crippen molar-refractivity contribution in [2.75, 3.05) is 66.6 Å². The molecule has 1 spiro atoms. The molecule has 1 unspecified atom stereocenters. The summed E-state index contributed by atoms with van der Waals surface area (Å²) >= 11 is 0. The third-order valence-corrected chi connectivity index (χ3v) is 5.29. The number of carbonyl (C=O) groups is 2. The van der Waals surface area contributed by atoms with Crippen molar-refractivity contribution in [3.8, 4) is 0 Å². The predicted molar refractivity (Wildman–Crippen MR) is 88.9 cm³/mol. The van der Waals surface area contributed by atoms with Crippen molar-refractivity contribution >= 4 is 11.8 Å². The largest absolute Gasteiger partial charge is 0.377 e. The van der Waals surface area contributed by atoms with Crippen molar-refractivity contribution in [1.82, 2.24) is 14.7 Å². The van der Waals surface area contributed by atoms with Gasteiger partial charge in [-0.15, -0.1) is 0 Å². The van der Waals surface area contributed by atoms with Gasteiger partial charge in [0.1, 0.15) is 5.60 Å². The van der Waals surface area contributed by atoms with Gasteiger partial charge in [-0.2, -0.15) is 0 Å². The maximum absolute atomic E-state index is 13.1. The fourth-order valence-electron chi connectivity index (χ4n) is 3.76. The van der Waals surface area contributed by atoms with Crippen LogP contribution in [0.3, 0.4) is 0 Å². The Kier molecular flexibility index (Phi) is 5.50. The third kappa shape index (κ3) is 4.32. The van der Waals surface area contributed by atoms with E-state index in [1.807, 2.05) is 4.90 Å². The molecule has 2 heterocycles. The van der Waals surface area contributed by atoms with Crippen molar-refractivity contribution in [2.45, 2.75) is 24.4 Å². The smallest absolute Gasteiger partial charge is 0.249 e. The number of alkyl halides is 2. The van der Waals surface area contributed by atoms with Crippen molar-refractivity contribution in [3.63, 3.8) is 0 Å². The van der Waals surface area contributed by atoms with Gasteiger partial charge in [-0.1, -0.05) is 0 Å². The Hall–Kier alpha value is -1.32. The molecular formula is C17H27F2N3O4. The Labute approximate surface area is 152 Å². The highest BCUT2D eigenvalue weighted by atomic mass is 19.3. The van der Waals surface area contributed by atoms with E-state index in [0.717, 1.165) is 0 Å². The second-order valence-electron chi connectivity index (χ2n) is 7.80. The number of hydrogen-bond acceptors (Lipinski definition) is 5. The van der Waals surface area contributed by atoms with Crippen LogP contribution in [-0.2, 0) is 19.1 Å². The summed E-state index contributed by atoms with van der Waals surface area (Å²) in [5.41, 5.74) is -0.719. The second-order valence-corrected chi connectivity index (χ2v) is 7.80. The lowest BCUT2D eigenvalue weighted by molar-refractivity contribution is -0.179. The summed E-state index contributed by atoms with van der Waals surface area (Å²) in [6, 6.07) is 0. The van der Waals surface area contributed by atoms with Crippen LogP contribution in [0.2, 0.25) is 0 Å². The third-order valence-electron chi connectivity index (χ3n) is 5.29. The summed E-state index contributed by atoms with van der Waals surface area (Å²) in [6.07, 6.45) is -0.730. The van der Waals surface area contributed by atoms with Gasteiger partial charge in [-0.05, 0) is 0 Å². The highest BCUT2D eigenvalue weighted by Crippen LogP contribution is 2.43. The summed E-state index contributed by atoms with van der Waals surface area (Å²) in [6.45, 7) is 3.18. The van der Waals surface area contributed by atoms with Gasteiger partial charge in [0.25, 0.3) is 0 Å². The Morgan fingerprint density at radius 3 is 2.54 bits per heavy atom. The molecular weight excluding hydrogens is 348 g/mol. The quantitative estimate of drug-likeness (QED) is 0.698. The maximum Gasteiger partial charge on any atom is 0.249 e. The summed E-state index contributed by atoms with van der Waals surface area (Å²) < 4.78 is 37.8. The average molecular weight is 375 g/mol. The predicted octanol–water partition coefficient (Wildman–Crippen LogP) is 0.0497. The Balaban J connectivity index is 1.63. The molecule has 3 fully saturated rings. The Morgan fingerprint density at radius 1 is 1.15 bits per heavy atom. The number of nitrogens with zero attached hydrogens (tertiary/aromatic N) is 3. The van der Waals surface area contributed by atoms with E-state index in [1.165, 1.54) is 4.90 Å². The summed E-state index contributed by atoms with van der Waals surface area (Å²) in [4.78, 5) is 29.7. The summed E-state index contributed by atoms with van der Waals surface area (Å²) in [7, 11) is 3.41. The molecule has 0 radical (unpaired) electrons. The van der Waals surface area contributed by atoms with Crippen LogP contribution in [0.4, 0.5) is 8.78 Å².